The summed E-state index contributed by atoms with van der Waals surface area (Å²) in [7, 11) is 0. The van der Waals surface area contributed by atoms with Crippen molar-refractivity contribution in [2.45, 2.75) is 32.7 Å². The first-order chi connectivity index (χ1) is 9.65. The summed E-state index contributed by atoms with van der Waals surface area (Å²) in [6.45, 7) is 10.1. The number of halogens is 1. The highest BCUT2D eigenvalue weighted by molar-refractivity contribution is 5.83. The Kier molecular flexibility index (Phi) is 4.96. The highest BCUT2D eigenvalue weighted by Crippen LogP contribution is 2.20. The minimum absolute atomic E-state index is 0.178. The molecule has 0 aliphatic heterocycles. The Morgan fingerprint density at radius 2 is 2.25 bits per heavy atom. The minimum atomic E-state index is -0.178. The number of hydrogen-bond acceptors (Lipinski definition) is 1. The number of hydrogen-bond donors (Lipinski definition) is 1. The van der Waals surface area contributed by atoms with Gasteiger partial charge in [0, 0.05) is 36.2 Å². The SMILES string of the molecule is C=CCN(CCc1c[nH]c2ccc(F)cc12)C(C)CC. The number of aromatic amines is 1. The molecule has 1 heterocycles. The van der Waals surface area contributed by atoms with Crippen molar-refractivity contribution in [1.82, 2.24) is 9.88 Å². The van der Waals surface area contributed by atoms with E-state index >= 15 is 0 Å². The zero-order valence-corrected chi connectivity index (χ0v) is 12.3. The van der Waals surface area contributed by atoms with E-state index in [1.165, 1.54) is 11.6 Å². The van der Waals surface area contributed by atoms with Crippen LogP contribution in [0.1, 0.15) is 25.8 Å². The van der Waals surface area contributed by atoms with Gasteiger partial charge in [-0.2, -0.15) is 0 Å². The van der Waals surface area contributed by atoms with Gasteiger partial charge in [0.25, 0.3) is 0 Å². The predicted molar refractivity (Wildman–Crippen MR) is 83.5 cm³/mol. The molecule has 0 fully saturated rings. The Bertz CT molecular complexity index is 573. The number of nitrogens with zero attached hydrogens (tertiary/aromatic N) is 1. The van der Waals surface area contributed by atoms with Crippen LogP contribution in [0.25, 0.3) is 10.9 Å². The first kappa shape index (κ1) is 14.8. The van der Waals surface area contributed by atoms with Gasteiger partial charge in [-0.1, -0.05) is 13.0 Å². The van der Waals surface area contributed by atoms with Crippen LogP contribution in [0.3, 0.4) is 0 Å². The lowest BCUT2D eigenvalue weighted by atomic mass is 10.1. The molecule has 0 saturated carbocycles. The lowest BCUT2D eigenvalue weighted by Gasteiger charge is -2.26. The quantitative estimate of drug-likeness (QED) is 0.752. The molecule has 1 aromatic heterocycles. The van der Waals surface area contributed by atoms with Gasteiger partial charge in [-0.05, 0) is 43.5 Å². The summed E-state index contributed by atoms with van der Waals surface area (Å²) in [6.07, 6.45) is 5.98. The van der Waals surface area contributed by atoms with Crippen molar-refractivity contribution >= 4 is 10.9 Å². The van der Waals surface area contributed by atoms with Gasteiger partial charge in [-0.3, -0.25) is 4.90 Å². The molecule has 0 radical (unpaired) electrons. The van der Waals surface area contributed by atoms with Crippen LogP contribution in [0.4, 0.5) is 4.39 Å². The van der Waals surface area contributed by atoms with Crippen molar-refractivity contribution < 1.29 is 4.39 Å². The number of fused-ring (bicyclic) bond motifs is 1. The van der Waals surface area contributed by atoms with E-state index < -0.39 is 0 Å². The largest absolute Gasteiger partial charge is 0.361 e. The van der Waals surface area contributed by atoms with Crippen LogP contribution >= 0.6 is 0 Å². The third-order valence-electron chi connectivity index (χ3n) is 3.98. The van der Waals surface area contributed by atoms with Crippen LogP contribution in [0.2, 0.25) is 0 Å². The first-order valence-corrected chi connectivity index (χ1v) is 7.26. The van der Waals surface area contributed by atoms with Crippen molar-refractivity contribution in [3.05, 3.63) is 48.4 Å². The second-order valence-corrected chi connectivity index (χ2v) is 5.29. The van der Waals surface area contributed by atoms with Gasteiger partial charge < -0.3 is 4.98 Å². The Labute approximate surface area is 120 Å². The average Bonchev–Trinajstić information content (AvgIpc) is 2.85. The summed E-state index contributed by atoms with van der Waals surface area (Å²) in [5.74, 6) is -0.178. The Morgan fingerprint density at radius 3 is 2.95 bits per heavy atom. The van der Waals surface area contributed by atoms with Gasteiger partial charge in [0.05, 0.1) is 0 Å². The number of H-pyrrole nitrogens is 1. The molecule has 2 aromatic rings. The molecule has 108 valence electrons. The maximum Gasteiger partial charge on any atom is 0.123 e. The molecule has 3 heteroatoms. The lowest BCUT2D eigenvalue weighted by molar-refractivity contribution is 0.229. The summed E-state index contributed by atoms with van der Waals surface area (Å²) in [4.78, 5) is 5.62. The molecule has 0 amide bonds. The van der Waals surface area contributed by atoms with E-state index in [2.05, 4.69) is 30.3 Å². The van der Waals surface area contributed by atoms with E-state index in [-0.39, 0.29) is 5.82 Å². The van der Waals surface area contributed by atoms with Crippen LogP contribution in [-0.2, 0) is 6.42 Å². The molecular weight excluding hydrogens is 251 g/mol. The topological polar surface area (TPSA) is 19.0 Å². The molecule has 0 spiro atoms. The van der Waals surface area contributed by atoms with Gasteiger partial charge in [0.2, 0.25) is 0 Å². The van der Waals surface area contributed by atoms with E-state index in [1.54, 1.807) is 12.1 Å². The number of aromatic nitrogens is 1. The maximum absolute atomic E-state index is 13.4. The van der Waals surface area contributed by atoms with E-state index in [9.17, 15) is 4.39 Å². The zero-order chi connectivity index (χ0) is 14.5. The fourth-order valence-corrected chi connectivity index (χ4v) is 2.54. The van der Waals surface area contributed by atoms with Crippen LogP contribution < -0.4 is 0 Å². The van der Waals surface area contributed by atoms with Gasteiger partial charge in [-0.25, -0.2) is 4.39 Å². The van der Waals surface area contributed by atoms with Crippen LogP contribution in [0.5, 0.6) is 0 Å². The van der Waals surface area contributed by atoms with Crippen molar-refractivity contribution in [2.75, 3.05) is 13.1 Å². The van der Waals surface area contributed by atoms with E-state index in [1.807, 2.05) is 12.3 Å². The van der Waals surface area contributed by atoms with E-state index in [4.69, 9.17) is 0 Å². The second kappa shape index (κ2) is 6.71. The molecule has 20 heavy (non-hydrogen) atoms. The summed E-state index contributed by atoms with van der Waals surface area (Å²) in [5.41, 5.74) is 2.18. The Balaban J connectivity index is 2.11. The first-order valence-electron chi connectivity index (χ1n) is 7.26. The van der Waals surface area contributed by atoms with Crippen molar-refractivity contribution in [3.8, 4) is 0 Å². The molecule has 0 bridgehead atoms. The third kappa shape index (κ3) is 3.28. The summed E-state index contributed by atoms with van der Waals surface area (Å²) < 4.78 is 13.4. The molecular formula is C17H23FN2. The maximum atomic E-state index is 13.4. The number of nitrogens with one attached hydrogen (secondary N) is 1. The molecule has 1 aromatic carbocycles. The standard InChI is InChI=1S/C17H23FN2/c1-4-9-20(13(3)5-2)10-8-14-12-19-17-7-6-15(18)11-16(14)17/h4,6-7,11-13,19H,1,5,8-10H2,2-3H3. The van der Waals surface area contributed by atoms with Gasteiger partial charge in [0.15, 0.2) is 0 Å². The van der Waals surface area contributed by atoms with Crippen molar-refractivity contribution in [1.29, 1.82) is 0 Å². The molecule has 1 atom stereocenters. The average molecular weight is 274 g/mol. The number of rotatable bonds is 7. The highest BCUT2D eigenvalue weighted by atomic mass is 19.1. The van der Waals surface area contributed by atoms with Crippen LogP contribution in [-0.4, -0.2) is 29.0 Å². The molecule has 0 aliphatic rings. The minimum Gasteiger partial charge on any atom is -0.361 e. The van der Waals surface area contributed by atoms with Crippen molar-refractivity contribution in [2.24, 2.45) is 0 Å². The fraction of sp³-hybridized carbons (Fsp3) is 0.412. The molecule has 0 aliphatic carbocycles. The van der Waals surface area contributed by atoms with Crippen molar-refractivity contribution in [3.63, 3.8) is 0 Å². The predicted octanol–water partition coefficient (Wildman–Crippen LogP) is 4.14. The smallest absolute Gasteiger partial charge is 0.123 e. The number of benzene rings is 1. The molecule has 2 rings (SSSR count). The fourth-order valence-electron chi connectivity index (χ4n) is 2.54. The molecule has 1 N–H and O–H groups in total. The third-order valence-corrected chi connectivity index (χ3v) is 3.98. The monoisotopic (exact) mass is 274 g/mol. The molecule has 0 saturated heterocycles. The highest BCUT2D eigenvalue weighted by Gasteiger charge is 2.12. The summed E-state index contributed by atoms with van der Waals surface area (Å²) >= 11 is 0. The van der Waals surface area contributed by atoms with Gasteiger partial charge in [-0.15, -0.1) is 6.58 Å². The summed E-state index contributed by atoms with van der Waals surface area (Å²) in [6, 6.07) is 5.44. The van der Waals surface area contributed by atoms with Gasteiger partial charge in [0.1, 0.15) is 5.82 Å². The summed E-state index contributed by atoms with van der Waals surface area (Å²) in [5, 5.41) is 0.993. The second-order valence-electron chi connectivity index (χ2n) is 5.29. The van der Waals surface area contributed by atoms with E-state index in [0.717, 1.165) is 36.8 Å². The van der Waals surface area contributed by atoms with Crippen LogP contribution in [0, 0.1) is 5.82 Å². The molecule has 2 nitrogen and oxygen atoms in total. The van der Waals surface area contributed by atoms with Crippen LogP contribution in [0.15, 0.2) is 37.1 Å². The van der Waals surface area contributed by atoms with Gasteiger partial charge >= 0.3 is 0 Å². The normalized spacial score (nSPS) is 13.0. The molecule has 1 unspecified atom stereocenters. The Morgan fingerprint density at radius 1 is 1.45 bits per heavy atom. The lowest BCUT2D eigenvalue weighted by Crippen LogP contribution is -2.34. The van der Waals surface area contributed by atoms with E-state index in [0.29, 0.717) is 6.04 Å². The Hall–Kier alpha value is -1.61. The zero-order valence-electron chi connectivity index (χ0n) is 12.3.